The van der Waals surface area contributed by atoms with Crippen molar-refractivity contribution in [3.8, 4) is 6.07 Å². The van der Waals surface area contributed by atoms with E-state index < -0.39 is 0 Å². The minimum atomic E-state index is -0.331. The first-order chi connectivity index (χ1) is 12.6. The van der Waals surface area contributed by atoms with Crippen molar-refractivity contribution in [2.45, 2.75) is 52.1 Å². The van der Waals surface area contributed by atoms with E-state index in [9.17, 15) is 4.39 Å². The summed E-state index contributed by atoms with van der Waals surface area (Å²) in [6.07, 6.45) is 4.99. The molecule has 7 heteroatoms. The summed E-state index contributed by atoms with van der Waals surface area (Å²) in [7, 11) is 0. The third kappa shape index (κ3) is 8.01. The van der Waals surface area contributed by atoms with E-state index in [4.69, 9.17) is 5.26 Å². The number of nitrogens with zero attached hydrogens (tertiary/aromatic N) is 3. The average molecular weight is 487 g/mol. The van der Waals surface area contributed by atoms with Gasteiger partial charge < -0.3 is 15.5 Å². The van der Waals surface area contributed by atoms with Crippen molar-refractivity contribution in [3.05, 3.63) is 35.1 Å². The minimum absolute atomic E-state index is 0. The summed E-state index contributed by atoms with van der Waals surface area (Å²) in [5.41, 5.74) is 0.883. The van der Waals surface area contributed by atoms with Crippen LogP contribution in [-0.2, 0) is 6.54 Å². The van der Waals surface area contributed by atoms with Gasteiger partial charge in [-0.2, -0.15) is 5.26 Å². The number of benzene rings is 1. The predicted octanol–water partition coefficient (Wildman–Crippen LogP) is 3.63. The second-order valence-corrected chi connectivity index (χ2v) is 6.77. The fraction of sp³-hybridized carbons (Fsp3) is 0.600. The molecule has 0 amide bonds. The van der Waals surface area contributed by atoms with Crippen LogP contribution in [0.15, 0.2) is 23.2 Å². The highest BCUT2D eigenvalue weighted by Crippen LogP contribution is 2.16. The van der Waals surface area contributed by atoms with Crippen molar-refractivity contribution >= 4 is 29.9 Å². The number of guanidine groups is 1. The average Bonchev–Trinajstić information content (AvgIpc) is 2.65. The Morgan fingerprint density at radius 3 is 2.89 bits per heavy atom. The highest BCUT2D eigenvalue weighted by atomic mass is 127. The summed E-state index contributed by atoms with van der Waals surface area (Å²) in [4.78, 5) is 7.00. The summed E-state index contributed by atoms with van der Waals surface area (Å²) < 4.78 is 13.9. The van der Waals surface area contributed by atoms with Crippen LogP contribution in [0.1, 0.15) is 50.7 Å². The number of rotatable bonds is 7. The number of aliphatic imine (C=N–C) groups is 1. The molecule has 2 rings (SSSR count). The predicted molar refractivity (Wildman–Crippen MR) is 119 cm³/mol. The molecule has 0 bridgehead atoms. The molecule has 2 N–H and O–H groups in total. The Morgan fingerprint density at radius 1 is 1.37 bits per heavy atom. The third-order valence-corrected chi connectivity index (χ3v) is 4.78. The topological polar surface area (TPSA) is 63.5 Å². The number of hydrogen-bond acceptors (Lipinski definition) is 3. The lowest BCUT2D eigenvalue weighted by molar-refractivity contribution is 0.159. The number of halogens is 2. The van der Waals surface area contributed by atoms with E-state index in [1.165, 1.54) is 37.9 Å². The zero-order valence-electron chi connectivity index (χ0n) is 16.3. The maximum atomic E-state index is 13.9. The lowest BCUT2D eigenvalue weighted by Crippen LogP contribution is -2.41. The number of nitrogens with one attached hydrogen (secondary N) is 2. The molecular formula is C20H31FIN5. The van der Waals surface area contributed by atoms with E-state index in [1.54, 1.807) is 6.07 Å². The molecule has 1 aliphatic heterocycles. The monoisotopic (exact) mass is 487 g/mol. The van der Waals surface area contributed by atoms with Crippen LogP contribution in [0.4, 0.5) is 4.39 Å². The van der Waals surface area contributed by atoms with Crippen LogP contribution in [0.3, 0.4) is 0 Å². The molecule has 27 heavy (non-hydrogen) atoms. The van der Waals surface area contributed by atoms with Gasteiger partial charge in [-0.05, 0) is 57.9 Å². The van der Waals surface area contributed by atoms with Crippen molar-refractivity contribution in [1.82, 2.24) is 15.5 Å². The Labute approximate surface area is 179 Å². The Hall–Kier alpha value is -1.40. The molecule has 1 fully saturated rings. The molecule has 1 atom stereocenters. The maximum absolute atomic E-state index is 13.9. The molecule has 150 valence electrons. The van der Waals surface area contributed by atoms with Gasteiger partial charge in [0.05, 0.1) is 18.2 Å². The van der Waals surface area contributed by atoms with E-state index in [0.717, 1.165) is 26.1 Å². The SMILES string of the molecule is CCNC(=NCc1cc(C#N)ccc1F)NCCCN1CCCCC1C.I. The van der Waals surface area contributed by atoms with Crippen LogP contribution in [0.25, 0.3) is 0 Å². The molecule has 5 nitrogen and oxygen atoms in total. The Balaban J connectivity index is 0.00000364. The largest absolute Gasteiger partial charge is 0.357 e. The van der Waals surface area contributed by atoms with Crippen LogP contribution in [-0.4, -0.2) is 43.1 Å². The maximum Gasteiger partial charge on any atom is 0.191 e. The first-order valence-corrected chi connectivity index (χ1v) is 9.58. The molecule has 1 aromatic rings. The van der Waals surface area contributed by atoms with E-state index in [0.29, 0.717) is 23.1 Å². The summed E-state index contributed by atoms with van der Waals surface area (Å²) >= 11 is 0. The number of piperidine rings is 1. The number of nitriles is 1. The van der Waals surface area contributed by atoms with Gasteiger partial charge in [0, 0.05) is 31.2 Å². The molecule has 0 saturated carbocycles. The first kappa shape index (κ1) is 23.6. The lowest BCUT2D eigenvalue weighted by Gasteiger charge is -2.33. The minimum Gasteiger partial charge on any atom is -0.357 e. The number of hydrogen-bond donors (Lipinski definition) is 2. The normalized spacial score (nSPS) is 17.7. The fourth-order valence-corrected chi connectivity index (χ4v) is 3.25. The van der Waals surface area contributed by atoms with E-state index >= 15 is 0 Å². The summed E-state index contributed by atoms with van der Waals surface area (Å²) in [5, 5.41) is 15.5. The lowest BCUT2D eigenvalue weighted by atomic mass is 10.0. The van der Waals surface area contributed by atoms with Crippen molar-refractivity contribution in [1.29, 1.82) is 5.26 Å². The van der Waals surface area contributed by atoms with Crippen LogP contribution >= 0.6 is 24.0 Å². The summed E-state index contributed by atoms with van der Waals surface area (Å²) in [6, 6.07) is 7.07. The zero-order chi connectivity index (χ0) is 18.8. The van der Waals surface area contributed by atoms with Gasteiger partial charge in [-0.1, -0.05) is 6.42 Å². The fourth-order valence-electron chi connectivity index (χ4n) is 3.25. The van der Waals surface area contributed by atoms with E-state index in [2.05, 4.69) is 27.4 Å². The molecule has 0 spiro atoms. The molecule has 0 radical (unpaired) electrons. The molecule has 1 unspecified atom stereocenters. The standard InChI is InChI=1S/C20H30FN5.HI/c1-3-23-20(24-10-6-12-26-11-5-4-7-16(26)2)25-15-18-13-17(14-22)8-9-19(18)21;/h8-9,13,16H,3-7,10-12,15H2,1-2H3,(H2,23,24,25);1H. The summed E-state index contributed by atoms with van der Waals surface area (Å²) in [5.74, 6) is 0.351. The zero-order valence-corrected chi connectivity index (χ0v) is 18.6. The van der Waals surface area contributed by atoms with E-state index in [-0.39, 0.29) is 36.3 Å². The smallest absolute Gasteiger partial charge is 0.191 e. The van der Waals surface area contributed by atoms with Gasteiger partial charge >= 0.3 is 0 Å². The first-order valence-electron chi connectivity index (χ1n) is 9.58. The highest BCUT2D eigenvalue weighted by molar-refractivity contribution is 14.0. The molecule has 1 aliphatic rings. The molecular weight excluding hydrogens is 456 g/mol. The molecule has 0 aliphatic carbocycles. The second kappa shape index (κ2) is 12.9. The van der Waals surface area contributed by atoms with E-state index in [1.807, 2.05) is 13.0 Å². The van der Waals surface area contributed by atoms with Crippen LogP contribution in [0, 0.1) is 17.1 Å². The number of likely N-dealkylation sites (tertiary alicyclic amines) is 1. The molecule has 1 heterocycles. The van der Waals surface area contributed by atoms with Crippen LogP contribution in [0.2, 0.25) is 0 Å². The molecule has 1 aromatic carbocycles. The Kier molecular flexibility index (Phi) is 11.3. The summed E-state index contributed by atoms with van der Waals surface area (Å²) in [6.45, 7) is 8.38. The van der Waals surface area contributed by atoms with Gasteiger partial charge in [-0.25, -0.2) is 9.38 Å². The van der Waals surface area contributed by atoms with Gasteiger partial charge in [-0.15, -0.1) is 24.0 Å². The van der Waals surface area contributed by atoms with Gasteiger partial charge in [-0.3, -0.25) is 0 Å². The van der Waals surface area contributed by atoms with Gasteiger partial charge in [0.2, 0.25) is 0 Å². The highest BCUT2D eigenvalue weighted by Gasteiger charge is 2.17. The van der Waals surface area contributed by atoms with Crippen molar-refractivity contribution < 1.29 is 4.39 Å². The molecule has 0 aromatic heterocycles. The molecule has 1 saturated heterocycles. The van der Waals surface area contributed by atoms with Crippen molar-refractivity contribution in [3.63, 3.8) is 0 Å². The second-order valence-electron chi connectivity index (χ2n) is 6.77. The Morgan fingerprint density at radius 2 is 2.19 bits per heavy atom. The quantitative estimate of drug-likeness (QED) is 0.267. The van der Waals surface area contributed by atoms with Crippen molar-refractivity contribution in [2.24, 2.45) is 4.99 Å². The van der Waals surface area contributed by atoms with Crippen LogP contribution in [0.5, 0.6) is 0 Å². The van der Waals surface area contributed by atoms with Gasteiger partial charge in [0.1, 0.15) is 5.82 Å². The Bertz CT molecular complexity index is 644. The van der Waals surface area contributed by atoms with Crippen molar-refractivity contribution in [2.75, 3.05) is 26.2 Å². The van der Waals surface area contributed by atoms with Gasteiger partial charge in [0.25, 0.3) is 0 Å². The van der Waals surface area contributed by atoms with Crippen LogP contribution < -0.4 is 10.6 Å². The van der Waals surface area contributed by atoms with Gasteiger partial charge in [0.15, 0.2) is 5.96 Å². The third-order valence-electron chi connectivity index (χ3n) is 4.78.